The summed E-state index contributed by atoms with van der Waals surface area (Å²) in [5, 5.41) is 13.4. The maximum atomic E-state index is 12.2. The summed E-state index contributed by atoms with van der Waals surface area (Å²) in [6, 6.07) is 8.37. The van der Waals surface area contributed by atoms with Crippen molar-refractivity contribution in [2.75, 3.05) is 19.9 Å². The van der Waals surface area contributed by atoms with E-state index in [1.54, 1.807) is 24.3 Å². The highest BCUT2D eigenvalue weighted by atomic mass is 32.2. The molecule has 0 spiro atoms. The van der Waals surface area contributed by atoms with Gasteiger partial charge in [0.2, 0.25) is 0 Å². The lowest BCUT2D eigenvalue weighted by atomic mass is 9.98. The Bertz CT molecular complexity index is 903. The molecule has 2 aromatic rings. The number of carbonyl (C=O) groups is 2. The van der Waals surface area contributed by atoms with Gasteiger partial charge in [-0.15, -0.1) is 11.3 Å². The Morgan fingerprint density at radius 2 is 2.00 bits per heavy atom. The fourth-order valence-electron chi connectivity index (χ4n) is 2.32. The molecule has 0 aliphatic rings. The van der Waals surface area contributed by atoms with Gasteiger partial charge in [0.05, 0.1) is 22.8 Å². The molecule has 1 aromatic heterocycles. The molecule has 1 unspecified atom stereocenters. The van der Waals surface area contributed by atoms with Gasteiger partial charge in [-0.05, 0) is 24.1 Å². The van der Waals surface area contributed by atoms with E-state index < -0.39 is 27.6 Å². The van der Waals surface area contributed by atoms with Gasteiger partial charge in [0, 0.05) is 18.2 Å². The summed E-state index contributed by atoms with van der Waals surface area (Å²) >= 11 is 0.996. The Kier molecular flexibility index (Phi) is 6.38. The number of aliphatic carboxylic acids is 1. The van der Waals surface area contributed by atoms with Gasteiger partial charge in [0.15, 0.2) is 9.84 Å². The zero-order valence-electron chi connectivity index (χ0n) is 14.3. The number of sulfone groups is 1. The Hall–Kier alpha value is -2.39. The number of ether oxygens (including phenoxy) is 1. The lowest BCUT2D eigenvalue weighted by molar-refractivity contribution is -0.141. The molecule has 0 bridgehead atoms. The van der Waals surface area contributed by atoms with E-state index >= 15 is 0 Å². The summed E-state index contributed by atoms with van der Waals surface area (Å²) in [6.45, 7) is -0.0850. The van der Waals surface area contributed by atoms with E-state index in [1.165, 1.54) is 18.6 Å². The molecule has 1 aromatic carbocycles. The third-order valence-electron chi connectivity index (χ3n) is 3.74. The molecule has 26 heavy (non-hydrogen) atoms. The number of thiophene rings is 1. The van der Waals surface area contributed by atoms with Gasteiger partial charge in [-0.3, -0.25) is 9.59 Å². The Balaban J connectivity index is 2.05. The van der Waals surface area contributed by atoms with Crippen molar-refractivity contribution >= 4 is 33.1 Å². The Morgan fingerprint density at radius 1 is 1.31 bits per heavy atom. The van der Waals surface area contributed by atoms with Crippen LogP contribution in [0.5, 0.6) is 5.75 Å². The minimum absolute atomic E-state index is 0.0662. The SMILES string of the molecule is COc1ccccc1CC(CNC(=O)c1cc(S(C)(=O)=O)cs1)C(=O)O. The number of hydrogen-bond donors (Lipinski definition) is 2. The predicted octanol–water partition coefficient (Wildman–Crippen LogP) is 1.83. The molecule has 0 saturated carbocycles. The van der Waals surface area contributed by atoms with Gasteiger partial charge in [-0.2, -0.15) is 0 Å². The molecule has 0 radical (unpaired) electrons. The van der Waals surface area contributed by atoms with Crippen LogP contribution in [-0.4, -0.2) is 45.3 Å². The quantitative estimate of drug-likeness (QED) is 0.703. The van der Waals surface area contributed by atoms with E-state index in [0.29, 0.717) is 5.75 Å². The smallest absolute Gasteiger partial charge is 0.308 e. The van der Waals surface area contributed by atoms with Crippen molar-refractivity contribution in [1.29, 1.82) is 0 Å². The predicted molar refractivity (Wildman–Crippen MR) is 97.6 cm³/mol. The molecule has 1 atom stereocenters. The van der Waals surface area contributed by atoms with Gasteiger partial charge in [-0.25, -0.2) is 8.42 Å². The molecule has 0 saturated heterocycles. The largest absolute Gasteiger partial charge is 0.496 e. The molecule has 2 rings (SSSR count). The third-order valence-corrected chi connectivity index (χ3v) is 5.91. The first-order valence-corrected chi connectivity index (χ1v) is 10.4. The van der Waals surface area contributed by atoms with Crippen molar-refractivity contribution in [3.8, 4) is 5.75 Å². The normalized spacial score (nSPS) is 12.4. The summed E-state index contributed by atoms with van der Waals surface area (Å²) in [5.41, 5.74) is 0.729. The fraction of sp³-hybridized carbons (Fsp3) is 0.294. The molecular formula is C17H19NO6S2. The van der Waals surface area contributed by atoms with Crippen molar-refractivity contribution in [1.82, 2.24) is 5.32 Å². The highest BCUT2D eigenvalue weighted by molar-refractivity contribution is 7.90. The first-order chi connectivity index (χ1) is 12.2. The van der Waals surface area contributed by atoms with Crippen LogP contribution in [0.2, 0.25) is 0 Å². The van der Waals surface area contributed by atoms with Crippen LogP contribution < -0.4 is 10.1 Å². The second kappa shape index (κ2) is 8.33. The molecule has 9 heteroatoms. The zero-order valence-corrected chi connectivity index (χ0v) is 15.9. The summed E-state index contributed by atoms with van der Waals surface area (Å²) in [7, 11) is -1.88. The summed E-state index contributed by atoms with van der Waals surface area (Å²) in [5.74, 6) is -1.80. The molecule has 0 fully saturated rings. The van der Waals surface area contributed by atoms with Gasteiger partial charge >= 0.3 is 5.97 Å². The molecule has 2 N–H and O–H groups in total. The molecule has 0 aliphatic carbocycles. The standard InChI is InChI=1S/C17H19NO6S2/c1-24-14-6-4-3-5-11(14)7-12(17(20)21)9-18-16(19)15-8-13(10-25-15)26(2,22)23/h3-6,8,10,12H,7,9H2,1-2H3,(H,18,19)(H,20,21). The third kappa shape index (κ3) is 5.06. The monoisotopic (exact) mass is 397 g/mol. The number of carbonyl (C=O) groups excluding carboxylic acids is 1. The van der Waals surface area contributed by atoms with Gasteiger partial charge < -0.3 is 15.2 Å². The molecule has 140 valence electrons. The second-order valence-electron chi connectivity index (χ2n) is 5.68. The van der Waals surface area contributed by atoms with E-state index in [2.05, 4.69) is 5.32 Å². The highest BCUT2D eigenvalue weighted by Crippen LogP contribution is 2.22. The number of carboxylic acid groups (broad SMARTS) is 1. The van der Waals surface area contributed by atoms with Crippen LogP contribution in [-0.2, 0) is 21.1 Å². The second-order valence-corrected chi connectivity index (χ2v) is 8.61. The van der Waals surface area contributed by atoms with E-state index in [0.717, 1.165) is 23.2 Å². The van der Waals surface area contributed by atoms with E-state index in [1.807, 2.05) is 0 Å². The summed E-state index contributed by atoms with van der Waals surface area (Å²) in [6.07, 6.45) is 1.25. The first-order valence-electron chi connectivity index (χ1n) is 7.64. The summed E-state index contributed by atoms with van der Waals surface area (Å²) < 4.78 is 28.2. The zero-order chi connectivity index (χ0) is 19.3. The van der Waals surface area contributed by atoms with E-state index in [4.69, 9.17) is 4.74 Å². The van der Waals surface area contributed by atoms with Crippen LogP contribution in [0.15, 0.2) is 40.6 Å². The van der Waals surface area contributed by atoms with Crippen molar-refractivity contribution in [3.05, 3.63) is 46.2 Å². The molecule has 0 aliphatic heterocycles. The highest BCUT2D eigenvalue weighted by Gasteiger charge is 2.22. The molecule has 1 amide bonds. The number of benzene rings is 1. The first kappa shape index (κ1) is 19.9. The van der Waals surface area contributed by atoms with Crippen molar-refractivity contribution in [2.45, 2.75) is 11.3 Å². The van der Waals surface area contributed by atoms with Gasteiger partial charge in [0.1, 0.15) is 5.75 Å². The molecule has 1 heterocycles. The molecular weight excluding hydrogens is 378 g/mol. The summed E-state index contributed by atoms with van der Waals surface area (Å²) in [4.78, 5) is 24.0. The maximum Gasteiger partial charge on any atom is 0.308 e. The minimum atomic E-state index is -3.39. The lowest BCUT2D eigenvalue weighted by Gasteiger charge is -2.15. The van der Waals surface area contributed by atoms with Crippen molar-refractivity contribution in [3.63, 3.8) is 0 Å². The maximum absolute atomic E-state index is 12.2. The van der Waals surface area contributed by atoms with Crippen LogP contribution in [0, 0.1) is 5.92 Å². The average Bonchev–Trinajstić information content (AvgIpc) is 3.09. The van der Waals surface area contributed by atoms with Crippen molar-refractivity contribution in [2.24, 2.45) is 5.92 Å². The van der Waals surface area contributed by atoms with Crippen molar-refractivity contribution < 1.29 is 27.9 Å². The van der Waals surface area contributed by atoms with Crippen LogP contribution in [0.3, 0.4) is 0 Å². The van der Waals surface area contributed by atoms with Crippen LogP contribution in [0.4, 0.5) is 0 Å². The topological polar surface area (TPSA) is 110 Å². The van der Waals surface area contributed by atoms with Crippen LogP contribution in [0.25, 0.3) is 0 Å². The minimum Gasteiger partial charge on any atom is -0.496 e. The van der Waals surface area contributed by atoms with Gasteiger partial charge in [0.25, 0.3) is 5.91 Å². The fourth-order valence-corrected chi connectivity index (χ4v) is 4.25. The van der Waals surface area contributed by atoms with E-state index in [-0.39, 0.29) is 22.7 Å². The average molecular weight is 397 g/mol. The number of hydrogen-bond acceptors (Lipinski definition) is 6. The number of para-hydroxylation sites is 1. The number of rotatable bonds is 8. The number of nitrogens with one attached hydrogen (secondary N) is 1. The Morgan fingerprint density at radius 3 is 2.58 bits per heavy atom. The number of amides is 1. The molecule has 7 nitrogen and oxygen atoms in total. The van der Waals surface area contributed by atoms with Gasteiger partial charge in [-0.1, -0.05) is 18.2 Å². The number of methoxy groups -OCH3 is 1. The van der Waals surface area contributed by atoms with E-state index in [9.17, 15) is 23.1 Å². The van der Waals surface area contributed by atoms with Crippen LogP contribution in [0.1, 0.15) is 15.2 Å². The lowest BCUT2D eigenvalue weighted by Crippen LogP contribution is -2.33. The van der Waals surface area contributed by atoms with Crippen LogP contribution >= 0.6 is 11.3 Å². The Labute approximate surface area is 155 Å². The number of carboxylic acids is 1.